The lowest BCUT2D eigenvalue weighted by atomic mass is 9.93. The van der Waals surface area contributed by atoms with Gasteiger partial charge in [-0.1, -0.05) is 53.8 Å². The van der Waals surface area contributed by atoms with Gasteiger partial charge in [0.2, 0.25) is 0 Å². The van der Waals surface area contributed by atoms with Crippen LogP contribution in [0, 0.1) is 24.0 Å². The van der Waals surface area contributed by atoms with E-state index in [9.17, 15) is 19.7 Å². The Hall–Kier alpha value is -5.00. The summed E-state index contributed by atoms with van der Waals surface area (Å²) in [6.45, 7) is 5.44. The van der Waals surface area contributed by atoms with Crippen molar-refractivity contribution in [3.8, 4) is 11.3 Å². The first-order chi connectivity index (χ1) is 22.2. The Kier molecular flexibility index (Phi) is 8.61. The monoisotopic (exact) mass is 651 g/mol. The smallest absolute Gasteiger partial charge is 0.338 e. The van der Waals surface area contributed by atoms with Gasteiger partial charge in [0.25, 0.3) is 11.2 Å². The number of hydrogen-bond donors (Lipinski definition) is 0. The largest absolute Gasteiger partial charge is 0.463 e. The Balaban J connectivity index is 1.53. The minimum atomic E-state index is -0.785. The average Bonchev–Trinajstić information content (AvgIpc) is 3.65. The van der Waals surface area contributed by atoms with E-state index in [2.05, 4.69) is 0 Å². The fraction of sp³-hybridized carbons (Fsp3) is 0.171. The Morgan fingerprint density at radius 3 is 2.50 bits per heavy atom. The summed E-state index contributed by atoms with van der Waals surface area (Å²) in [5, 5.41) is 11.6. The predicted molar refractivity (Wildman–Crippen MR) is 180 cm³/mol. The molecule has 0 bridgehead atoms. The van der Waals surface area contributed by atoms with Crippen molar-refractivity contribution in [1.82, 2.24) is 4.57 Å². The highest BCUT2D eigenvalue weighted by Crippen LogP contribution is 2.36. The first-order valence-corrected chi connectivity index (χ1v) is 16.5. The second-order valence-electron chi connectivity index (χ2n) is 10.6. The maximum Gasteiger partial charge on any atom is 0.338 e. The van der Waals surface area contributed by atoms with Gasteiger partial charge in [-0.3, -0.25) is 19.5 Å². The van der Waals surface area contributed by atoms with Crippen LogP contribution in [-0.4, -0.2) is 28.3 Å². The highest BCUT2D eigenvalue weighted by molar-refractivity contribution is 7.98. The normalized spacial score (nSPS) is 14.6. The highest BCUT2D eigenvalue weighted by atomic mass is 32.2. The second kappa shape index (κ2) is 12.8. The van der Waals surface area contributed by atoms with Gasteiger partial charge < -0.3 is 9.15 Å². The van der Waals surface area contributed by atoms with Gasteiger partial charge in [0.1, 0.15) is 11.5 Å². The van der Waals surface area contributed by atoms with Gasteiger partial charge >= 0.3 is 5.97 Å². The molecule has 0 spiro atoms. The minimum Gasteiger partial charge on any atom is -0.463 e. The molecule has 11 heteroatoms. The summed E-state index contributed by atoms with van der Waals surface area (Å²) in [6, 6.07) is 23.1. The average molecular weight is 652 g/mol. The maximum absolute atomic E-state index is 14.2. The summed E-state index contributed by atoms with van der Waals surface area (Å²) in [5.41, 5.74) is 3.80. The molecule has 6 rings (SSSR count). The van der Waals surface area contributed by atoms with E-state index < -0.39 is 16.9 Å². The Morgan fingerprint density at radius 1 is 1.09 bits per heavy atom. The lowest BCUT2D eigenvalue weighted by molar-refractivity contribution is -0.385. The summed E-state index contributed by atoms with van der Waals surface area (Å²) in [6.07, 6.45) is 3.61. The molecule has 232 valence electrons. The number of nitrogens with zero attached hydrogens (tertiary/aromatic N) is 3. The molecule has 1 atom stereocenters. The molecule has 3 heterocycles. The molecular weight excluding hydrogens is 623 g/mol. The van der Waals surface area contributed by atoms with E-state index >= 15 is 0 Å². The van der Waals surface area contributed by atoms with Crippen molar-refractivity contribution < 1.29 is 18.9 Å². The molecule has 1 aliphatic rings. The summed E-state index contributed by atoms with van der Waals surface area (Å²) < 4.78 is 13.5. The van der Waals surface area contributed by atoms with Gasteiger partial charge in [-0.25, -0.2) is 9.79 Å². The fourth-order valence-corrected chi connectivity index (χ4v) is 6.82. The summed E-state index contributed by atoms with van der Waals surface area (Å²) in [7, 11) is 0. The predicted octanol–water partition coefficient (Wildman–Crippen LogP) is 6.44. The van der Waals surface area contributed by atoms with Crippen molar-refractivity contribution in [1.29, 1.82) is 0 Å². The number of thioether (sulfide) groups is 1. The number of carbonyl (C=O) groups excluding carboxylic acids is 1. The van der Waals surface area contributed by atoms with Crippen LogP contribution in [0.4, 0.5) is 5.69 Å². The molecule has 0 aliphatic carbocycles. The number of aryl methyl sites for hydroxylation is 1. The van der Waals surface area contributed by atoms with Crippen molar-refractivity contribution in [2.45, 2.75) is 31.7 Å². The Morgan fingerprint density at radius 2 is 1.83 bits per heavy atom. The van der Waals surface area contributed by atoms with Crippen molar-refractivity contribution in [2.75, 3.05) is 12.9 Å². The molecule has 1 aliphatic heterocycles. The fourth-order valence-electron chi connectivity index (χ4n) is 5.43. The zero-order valence-corrected chi connectivity index (χ0v) is 27.1. The number of furan rings is 1. The van der Waals surface area contributed by atoms with Crippen LogP contribution in [0.2, 0.25) is 0 Å². The third kappa shape index (κ3) is 5.75. The summed E-state index contributed by atoms with van der Waals surface area (Å²) in [5.74, 6) is 0.291. The topological polar surface area (TPSA) is 117 Å². The van der Waals surface area contributed by atoms with Crippen LogP contribution in [0.1, 0.15) is 41.0 Å². The van der Waals surface area contributed by atoms with Gasteiger partial charge in [-0.15, -0.1) is 11.8 Å². The lowest BCUT2D eigenvalue weighted by Crippen LogP contribution is -2.40. The number of fused-ring (bicyclic) bond motifs is 1. The number of esters is 1. The van der Waals surface area contributed by atoms with Crippen LogP contribution in [0.25, 0.3) is 23.1 Å². The van der Waals surface area contributed by atoms with Gasteiger partial charge in [0.15, 0.2) is 4.80 Å². The third-order valence-electron chi connectivity index (χ3n) is 7.83. The first-order valence-electron chi connectivity index (χ1n) is 14.5. The van der Waals surface area contributed by atoms with Gasteiger partial charge in [-0.05, 0) is 68.5 Å². The zero-order chi connectivity index (χ0) is 32.5. The number of benzene rings is 3. The molecule has 0 radical (unpaired) electrons. The number of thiazole rings is 1. The standard InChI is InChI=1S/C35H29N3O6S2/c1-5-43-34(40)30-31(22-9-7-6-8-10-22)36-35-37(32(30)23-11-14-26(45-4)15-12-23)33(39)29(46-35)19-25-13-16-28(44-25)24-17-20(2)21(3)27(18-24)38(41)42/h6-19,32H,5H2,1-4H3/b29-19-/t32-/m1/s1. The first kappa shape index (κ1) is 31.0. The Bertz CT molecular complexity index is 2200. The van der Waals surface area contributed by atoms with E-state index in [0.717, 1.165) is 21.6 Å². The number of nitro groups is 1. The molecule has 3 aromatic carbocycles. The van der Waals surface area contributed by atoms with Crippen LogP contribution in [-0.2, 0) is 9.53 Å². The van der Waals surface area contributed by atoms with Crippen LogP contribution in [0.5, 0.6) is 0 Å². The van der Waals surface area contributed by atoms with E-state index in [0.29, 0.717) is 37.7 Å². The quantitative estimate of drug-likeness (QED) is 0.0820. The molecule has 0 saturated carbocycles. The SMILES string of the molecule is CCOC(=O)C1=C(c2ccccc2)N=c2s/c(=C\c3ccc(-c4cc(C)c(C)c([N+](=O)[O-])c4)o3)c(=O)n2[C@@H]1c1ccc(SC)cc1. The van der Waals surface area contributed by atoms with Crippen molar-refractivity contribution >= 4 is 46.5 Å². The molecule has 0 N–H and O–H groups in total. The molecule has 0 amide bonds. The van der Waals surface area contributed by atoms with Gasteiger partial charge in [0.05, 0.1) is 33.4 Å². The van der Waals surface area contributed by atoms with Gasteiger partial charge in [0, 0.05) is 33.7 Å². The summed E-state index contributed by atoms with van der Waals surface area (Å²) >= 11 is 2.79. The second-order valence-corrected chi connectivity index (χ2v) is 12.5. The number of hydrogen-bond acceptors (Lipinski definition) is 9. The molecule has 5 aromatic rings. The molecule has 46 heavy (non-hydrogen) atoms. The van der Waals surface area contributed by atoms with Crippen molar-refractivity contribution in [3.05, 3.63) is 142 Å². The van der Waals surface area contributed by atoms with E-state index in [-0.39, 0.29) is 23.4 Å². The van der Waals surface area contributed by atoms with Crippen LogP contribution in [0.15, 0.2) is 104 Å². The van der Waals surface area contributed by atoms with Crippen LogP contribution >= 0.6 is 23.1 Å². The van der Waals surface area contributed by atoms with Crippen LogP contribution < -0.4 is 14.9 Å². The number of nitro benzene ring substituents is 1. The summed E-state index contributed by atoms with van der Waals surface area (Å²) in [4.78, 5) is 45.3. The molecule has 2 aromatic heterocycles. The van der Waals surface area contributed by atoms with E-state index in [1.165, 1.54) is 17.4 Å². The minimum absolute atomic E-state index is 0.0125. The number of rotatable bonds is 8. The number of ether oxygens (including phenoxy) is 1. The molecular formula is C35H29N3O6S2. The van der Waals surface area contributed by atoms with Crippen molar-refractivity contribution in [3.63, 3.8) is 0 Å². The van der Waals surface area contributed by atoms with Crippen molar-refractivity contribution in [2.24, 2.45) is 4.99 Å². The molecule has 0 saturated heterocycles. The number of aromatic nitrogens is 1. The Labute approximate surface area is 272 Å². The maximum atomic E-state index is 14.2. The molecule has 0 unspecified atom stereocenters. The zero-order valence-electron chi connectivity index (χ0n) is 25.5. The van der Waals surface area contributed by atoms with E-state index in [1.807, 2.05) is 73.8 Å². The van der Waals surface area contributed by atoms with Gasteiger partial charge in [-0.2, -0.15) is 0 Å². The van der Waals surface area contributed by atoms with E-state index in [4.69, 9.17) is 14.1 Å². The lowest BCUT2D eigenvalue weighted by Gasteiger charge is -2.26. The number of carbonyl (C=O) groups is 1. The molecule has 9 nitrogen and oxygen atoms in total. The highest BCUT2D eigenvalue weighted by Gasteiger charge is 2.35. The van der Waals surface area contributed by atoms with Crippen LogP contribution in [0.3, 0.4) is 0 Å². The third-order valence-corrected chi connectivity index (χ3v) is 9.55. The van der Waals surface area contributed by atoms with E-state index in [1.54, 1.807) is 48.4 Å². The molecule has 0 fully saturated rings.